The van der Waals surface area contributed by atoms with Crippen LogP contribution in [0.4, 0.5) is 0 Å². The van der Waals surface area contributed by atoms with Crippen LogP contribution >= 0.6 is 11.3 Å². The van der Waals surface area contributed by atoms with Crippen LogP contribution in [0.15, 0.2) is 41.7 Å². The lowest BCUT2D eigenvalue weighted by atomic mass is 9.97. The molecule has 4 N–H and O–H groups in total. The molecule has 1 amide bonds. The van der Waals surface area contributed by atoms with E-state index in [1.54, 1.807) is 30.5 Å². The summed E-state index contributed by atoms with van der Waals surface area (Å²) in [6.07, 6.45) is 1.72. The summed E-state index contributed by atoms with van der Waals surface area (Å²) in [7, 11) is 0. The Morgan fingerprint density at radius 2 is 2.19 bits per heavy atom. The Labute approximate surface area is 126 Å². The van der Waals surface area contributed by atoms with Gasteiger partial charge in [-0.25, -0.2) is 4.98 Å². The number of amidine groups is 1. The number of amides is 1. The SMILES string of the molecule is Cc1ncc(CNC(=O)C(C(N)=NO)c2ccccc2)s1. The highest BCUT2D eigenvalue weighted by molar-refractivity contribution is 7.11. The van der Waals surface area contributed by atoms with Gasteiger partial charge < -0.3 is 16.3 Å². The Hall–Kier alpha value is -2.41. The molecule has 6 nitrogen and oxygen atoms in total. The first-order valence-corrected chi connectivity index (χ1v) is 7.15. The number of nitrogens with zero attached hydrogens (tertiary/aromatic N) is 2. The summed E-state index contributed by atoms with van der Waals surface area (Å²) in [6.45, 7) is 2.27. The maximum absolute atomic E-state index is 12.3. The molecule has 0 aliphatic rings. The van der Waals surface area contributed by atoms with Crippen molar-refractivity contribution >= 4 is 23.1 Å². The number of oxime groups is 1. The van der Waals surface area contributed by atoms with Gasteiger partial charge >= 0.3 is 0 Å². The molecule has 0 saturated heterocycles. The Balaban J connectivity index is 2.12. The van der Waals surface area contributed by atoms with Crippen LogP contribution in [0, 0.1) is 6.92 Å². The van der Waals surface area contributed by atoms with E-state index in [1.807, 2.05) is 13.0 Å². The molecular formula is C14H16N4O2S. The fraction of sp³-hybridized carbons (Fsp3) is 0.214. The number of aromatic nitrogens is 1. The largest absolute Gasteiger partial charge is 0.409 e. The number of thiazole rings is 1. The fourth-order valence-corrected chi connectivity index (χ4v) is 2.66. The summed E-state index contributed by atoms with van der Waals surface area (Å²) in [5.74, 6) is -1.27. The van der Waals surface area contributed by atoms with Crippen molar-refractivity contribution in [2.75, 3.05) is 0 Å². The van der Waals surface area contributed by atoms with Gasteiger partial charge in [0.25, 0.3) is 0 Å². The predicted molar refractivity (Wildman–Crippen MR) is 81.3 cm³/mol. The van der Waals surface area contributed by atoms with Crippen LogP contribution in [0.3, 0.4) is 0 Å². The second-order valence-corrected chi connectivity index (χ2v) is 5.75. The summed E-state index contributed by atoms with van der Waals surface area (Å²) in [5.41, 5.74) is 6.32. The number of hydrogen-bond donors (Lipinski definition) is 3. The highest BCUT2D eigenvalue weighted by Crippen LogP contribution is 2.17. The van der Waals surface area contributed by atoms with Gasteiger partial charge in [-0.15, -0.1) is 11.3 Å². The summed E-state index contributed by atoms with van der Waals surface area (Å²) in [4.78, 5) is 17.4. The normalized spacial score (nSPS) is 12.9. The molecule has 1 aromatic heterocycles. The zero-order valence-electron chi connectivity index (χ0n) is 11.5. The van der Waals surface area contributed by atoms with E-state index in [-0.39, 0.29) is 11.7 Å². The third kappa shape index (κ3) is 3.79. The second kappa shape index (κ2) is 6.85. The molecule has 2 rings (SSSR count). The van der Waals surface area contributed by atoms with Crippen LogP contribution in [-0.2, 0) is 11.3 Å². The van der Waals surface area contributed by atoms with E-state index in [0.29, 0.717) is 12.1 Å². The van der Waals surface area contributed by atoms with Crippen LogP contribution in [0.25, 0.3) is 0 Å². The average molecular weight is 304 g/mol. The Morgan fingerprint density at radius 3 is 2.76 bits per heavy atom. The Kier molecular flexibility index (Phi) is 4.89. The summed E-state index contributed by atoms with van der Waals surface area (Å²) in [6, 6.07) is 8.96. The molecule has 0 spiro atoms. The first-order chi connectivity index (χ1) is 10.1. The molecule has 0 aliphatic carbocycles. The smallest absolute Gasteiger partial charge is 0.235 e. The number of carbonyl (C=O) groups is 1. The predicted octanol–water partition coefficient (Wildman–Crippen LogP) is 1.60. The molecule has 0 radical (unpaired) electrons. The lowest BCUT2D eigenvalue weighted by Gasteiger charge is -2.15. The molecule has 1 aromatic carbocycles. The quantitative estimate of drug-likeness (QED) is 0.338. The highest BCUT2D eigenvalue weighted by Gasteiger charge is 2.25. The molecule has 1 heterocycles. The van der Waals surface area contributed by atoms with E-state index >= 15 is 0 Å². The van der Waals surface area contributed by atoms with Crippen LogP contribution in [0.1, 0.15) is 21.4 Å². The molecular weight excluding hydrogens is 288 g/mol. The third-order valence-electron chi connectivity index (χ3n) is 2.91. The number of hydrogen-bond acceptors (Lipinski definition) is 5. The fourth-order valence-electron chi connectivity index (χ4n) is 1.92. The van der Waals surface area contributed by atoms with Crippen LogP contribution < -0.4 is 11.1 Å². The van der Waals surface area contributed by atoms with Crippen molar-refractivity contribution in [1.82, 2.24) is 10.3 Å². The Bertz CT molecular complexity index is 639. The van der Waals surface area contributed by atoms with Gasteiger partial charge in [-0.05, 0) is 12.5 Å². The van der Waals surface area contributed by atoms with Gasteiger partial charge in [0.1, 0.15) is 5.92 Å². The number of carbonyl (C=O) groups excluding carboxylic acids is 1. The molecule has 1 unspecified atom stereocenters. The summed E-state index contributed by atoms with van der Waals surface area (Å²) < 4.78 is 0. The van der Waals surface area contributed by atoms with Gasteiger partial charge in [0.2, 0.25) is 5.91 Å². The number of nitrogens with one attached hydrogen (secondary N) is 1. The van der Waals surface area contributed by atoms with Gasteiger partial charge in [0.05, 0.1) is 11.6 Å². The van der Waals surface area contributed by atoms with E-state index in [1.165, 1.54) is 11.3 Å². The van der Waals surface area contributed by atoms with E-state index in [2.05, 4.69) is 15.5 Å². The lowest BCUT2D eigenvalue weighted by molar-refractivity contribution is -0.121. The van der Waals surface area contributed by atoms with Crippen molar-refractivity contribution in [3.8, 4) is 0 Å². The number of rotatable bonds is 5. The maximum atomic E-state index is 12.3. The van der Waals surface area contributed by atoms with E-state index in [4.69, 9.17) is 10.9 Å². The minimum absolute atomic E-state index is 0.140. The van der Waals surface area contributed by atoms with Crippen molar-refractivity contribution in [2.45, 2.75) is 19.4 Å². The molecule has 21 heavy (non-hydrogen) atoms. The Morgan fingerprint density at radius 1 is 1.48 bits per heavy atom. The minimum Gasteiger partial charge on any atom is -0.409 e. The molecule has 1 atom stereocenters. The van der Waals surface area contributed by atoms with Gasteiger partial charge in [0, 0.05) is 11.1 Å². The lowest BCUT2D eigenvalue weighted by Crippen LogP contribution is -2.36. The zero-order valence-corrected chi connectivity index (χ0v) is 12.3. The van der Waals surface area contributed by atoms with Crippen LogP contribution in [0.2, 0.25) is 0 Å². The van der Waals surface area contributed by atoms with E-state index in [0.717, 1.165) is 9.88 Å². The zero-order chi connectivity index (χ0) is 15.2. The molecule has 0 bridgehead atoms. The van der Waals surface area contributed by atoms with E-state index < -0.39 is 5.92 Å². The first kappa shape index (κ1) is 15.0. The first-order valence-electron chi connectivity index (χ1n) is 6.33. The van der Waals surface area contributed by atoms with Gasteiger partial charge in [-0.2, -0.15) is 0 Å². The minimum atomic E-state index is -0.815. The summed E-state index contributed by atoms with van der Waals surface area (Å²) >= 11 is 1.51. The van der Waals surface area contributed by atoms with Crippen molar-refractivity contribution in [1.29, 1.82) is 0 Å². The van der Waals surface area contributed by atoms with Crippen molar-refractivity contribution in [3.05, 3.63) is 52.0 Å². The van der Waals surface area contributed by atoms with Crippen LogP contribution in [0.5, 0.6) is 0 Å². The highest BCUT2D eigenvalue weighted by atomic mass is 32.1. The summed E-state index contributed by atoms with van der Waals surface area (Å²) in [5, 5.41) is 15.6. The maximum Gasteiger partial charge on any atom is 0.235 e. The number of nitrogens with two attached hydrogens (primary N) is 1. The van der Waals surface area contributed by atoms with Crippen LogP contribution in [-0.4, -0.2) is 21.9 Å². The molecule has 0 fully saturated rings. The van der Waals surface area contributed by atoms with Crippen molar-refractivity contribution in [2.24, 2.45) is 10.9 Å². The average Bonchev–Trinajstić information content (AvgIpc) is 2.92. The molecule has 7 heteroatoms. The molecule has 0 saturated carbocycles. The van der Waals surface area contributed by atoms with Gasteiger partial charge in [-0.1, -0.05) is 35.5 Å². The molecule has 110 valence electrons. The second-order valence-electron chi connectivity index (χ2n) is 4.43. The monoisotopic (exact) mass is 304 g/mol. The number of aryl methyl sites for hydroxylation is 1. The third-order valence-corrected chi connectivity index (χ3v) is 3.83. The van der Waals surface area contributed by atoms with Crippen molar-refractivity contribution in [3.63, 3.8) is 0 Å². The van der Waals surface area contributed by atoms with E-state index in [9.17, 15) is 4.79 Å². The topological polar surface area (TPSA) is 101 Å². The van der Waals surface area contributed by atoms with Gasteiger partial charge in [0.15, 0.2) is 5.84 Å². The molecule has 0 aliphatic heterocycles. The standard InChI is InChI=1S/C14H16N4O2S/c1-9-16-7-11(21-9)8-17-14(19)12(13(15)18-20)10-5-3-2-4-6-10/h2-7,12,20H,8H2,1H3,(H2,15,18)(H,17,19). The number of benzene rings is 1. The van der Waals surface area contributed by atoms with Crippen molar-refractivity contribution < 1.29 is 10.0 Å². The van der Waals surface area contributed by atoms with Gasteiger partial charge in [-0.3, -0.25) is 4.79 Å². The molecule has 2 aromatic rings.